The van der Waals surface area contributed by atoms with Crippen molar-refractivity contribution < 1.29 is 57.2 Å². The fourth-order valence-electron chi connectivity index (χ4n) is 7.59. The number of hydrogen-bond acceptors (Lipinski definition) is 12. The van der Waals surface area contributed by atoms with Crippen molar-refractivity contribution in [3.63, 3.8) is 0 Å². The number of esters is 4. The molecule has 3 N–H and O–H groups in total. The molecular formula is C44H45FN2O11. The summed E-state index contributed by atoms with van der Waals surface area (Å²) in [5.74, 6) is -3.70. The van der Waals surface area contributed by atoms with Crippen LogP contribution in [0.2, 0.25) is 0 Å². The highest BCUT2D eigenvalue weighted by Gasteiger charge is 2.53. The van der Waals surface area contributed by atoms with Crippen molar-refractivity contribution in [2.75, 3.05) is 17.2 Å². The lowest BCUT2D eigenvalue weighted by Gasteiger charge is -2.48. The Labute approximate surface area is 334 Å². The molecule has 8 atom stereocenters. The second-order valence-corrected chi connectivity index (χ2v) is 14.4. The van der Waals surface area contributed by atoms with E-state index in [1.54, 1.807) is 41.3 Å². The number of rotatable bonds is 13. The first-order chi connectivity index (χ1) is 27.7. The predicted octanol–water partition coefficient (Wildman–Crippen LogP) is 6.09. The number of nitrogens with two attached hydrogens (primary N) is 1. The molecule has 304 valence electrons. The number of halogens is 1. The van der Waals surface area contributed by atoms with E-state index in [9.17, 15) is 33.5 Å². The topological polar surface area (TPSA) is 181 Å². The molecule has 0 bridgehead atoms. The number of anilines is 2. The van der Waals surface area contributed by atoms with Gasteiger partial charge < -0.3 is 39.4 Å². The molecule has 2 fully saturated rings. The quantitative estimate of drug-likeness (QED) is 0.0689. The van der Waals surface area contributed by atoms with Crippen LogP contribution in [-0.4, -0.2) is 65.9 Å². The van der Waals surface area contributed by atoms with E-state index in [0.717, 1.165) is 23.6 Å². The number of β-lactam (4-membered cyclic amide) rings is 1. The van der Waals surface area contributed by atoms with Crippen LogP contribution in [0.5, 0.6) is 0 Å². The van der Waals surface area contributed by atoms with E-state index in [1.807, 2.05) is 36.4 Å². The van der Waals surface area contributed by atoms with Gasteiger partial charge in [0.25, 0.3) is 0 Å². The zero-order valence-corrected chi connectivity index (χ0v) is 32.4. The first-order valence-electron chi connectivity index (χ1n) is 18.8. The Kier molecular flexibility index (Phi) is 12.9. The molecule has 0 aromatic heterocycles. The van der Waals surface area contributed by atoms with Crippen LogP contribution in [0.4, 0.5) is 15.8 Å². The molecule has 2 heterocycles. The predicted molar refractivity (Wildman–Crippen MR) is 208 cm³/mol. The number of nitrogens with zero attached hydrogens (tertiary/aromatic N) is 1. The fourth-order valence-corrected chi connectivity index (χ4v) is 7.59. The highest BCUT2D eigenvalue weighted by molar-refractivity contribution is 6.03. The van der Waals surface area contributed by atoms with Crippen molar-refractivity contribution in [1.29, 1.82) is 0 Å². The van der Waals surface area contributed by atoms with Gasteiger partial charge >= 0.3 is 23.9 Å². The fraction of sp³-hybridized carbons (Fsp3) is 0.341. The Bertz CT molecular complexity index is 2130. The molecule has 58 heavy (non-hydrogen) atoms. The standard InChI is InChI=1S/C44H45FN2O11/c1-24(48)54-23-38-41(55-25(2)49)43(57-27(4)51)42(56-26(3)50)40(58-38)32-7-5-6-31(22-32)28-8-10-30(11-9-28)39-36(20-21-37(52)29-12-14-33(45)15-13-29)44(53)47(39)35-18-16-34(46)17-19-35/h5-19,22,36-43,52H,20-21,23,46H2,1-4H3/t36-,37+,38?,39-,40?,41?,42?,43?/m1/s1. The molecule has 5 unspecified atom stereocenters. The number of aliphatic hydroxyl groups excluding tert-OH is 1. The maximum atomic E-state index is 13.7. The highest BCUT2D eigenvalue weighted by atomic mass is 19.1. The van der Waals surface area contributed by atoms with Crippen LogP contribution in [0.25, 0.3) is 11.1 Å². The molecule has 2 aliphatic rings. The summed E-state index contributed by atoms with van der Waals surface area (Å²) in [7, 11) is 0. The van der Waals surface area contributed by atoms with Gasteiger partial charge in [0.15, 0.2) is 18.3 Å². The minimum atomic E-state index is -1.31. The summed E-state index contributed by atoms with van der Waals surface area (Å²) in [5, 5.41) is 10.9. The van der Waals surface area contributed by atoms with Crippen LogP contribution < -0.4 is 10.6 Å². The molecule has 0 saturated carbocycles. The van der Waals surface area contributed by atoms with Gasteiger partial charge in [-0.1, -0.05) is 54.6 Å². The van der Waals surface area contributed by atoms with Gasteiger partial charge in [-0.25, -0.2) is 4.39 Å². The zero-order chi connectivity index (χ0) is 41.7. The number of carbonyl (C=O) groups is 5. The minimum absolute atomic E-state index is 0.0947. The van der Waals surface area contributed by atoms with E-state index in [2.05, 4.69) is 0 Å². The van der Waals surface area contributed by atoms with Crippen LogP contribution in [0.3, 0.4) is 0 Å². The van der Waals surface area contributed by atoms with E-state index in [0.29, 0.717) is 28.9 Å². The van der Waals surface area contributed by atoms with Gasteiger partial charge in [-0.05, 0) is 83.1 Å². The molecule has 2 saturated heterocycles. The third-order valence-electron chi connectivity index (χ3n) is 10.2. The monoisotopic (exact) mass is 796 g/mol. The Hall–Kier alpha value is -6.12. The van der Waals surface area contributed by atoms with E-state index in [4.69, 9.17) is 29.4 Å². The number of hydrogen-bond donors (Lipinski definition) is 2. The van der Waals surface area contributed by atoms with Gasteiger partial charge in [-0.3, -0.25) is 24.0 Å². The molecule has 0 radical (unpaired) electrons. The summed E-state index contributed by atoms with van der Waals surface area (Å²) >= 11 is 0. The average molecular weight is 797 g/mol. The molecule has 0 aliphatic carbocycles. The summed E-state index contributed by atoms with van der Waals surface area (Å²) in [4.78, 5) is 64.1. The molecule has 13 nitrogen and oxygen atoms in total. The summed E-state index contributed by atoms with van der Waals surface area (Å²) in [5.41, 5.74) is 10.7. The molecular weight excluding hydrogens is 751 g/mol. The molecule has 2 aliphatic heterocycles. The number of nitrogen functional groups attached to an aromatic ring is 1. The number of carbonyl (C=O) groups excluding carboxylic acids is 5. The van der Waals surface area contributed by atoms with Crippen LogP contribution in [0.15, 0.2) is 97.1 Å². The van der Waals surface area contributed by atoms with Gasteiger partial charge in [0.05, 0.1) is 18.1 Å². The molecule has 6 rings (SSSR count). The Morgan fingerprint density at radius 3 is 2.00 bits per heavy atom. The summed E-state index contributed by atoms with van der Waals surface area (Å²) < 4.78 is 41.9. The number of amides is 1. The van der Waals surface area contributed by atoms with E-state index < -0.39 is 72.2 Å². The van der Waals surface area contributed by atoms with Gasteiger partial charge in [0.2, 0.25) is 5.91 Å². The largest absolute Gasteiger partial charge is 0.463 e. The van der Waals surface area contributed by atoms with Crippen molar-refractivity contribution in [2.45, 2.75) is 83.2 Å². The lowest BCUT2D eigenvalue weighted by atomic mass is 9.78. The highest BCUT2D eigenvalue weighted by Crippen LogP contribution is 2.47. The van der Waals surface area contributed by atoms with Crippen LogP contribution in [0, 0.1) is 11.7 Å². The van der Waals surface area contributed by atoms with Crippen LogP contribution >= 0.6 is 0 Å². The second kappa shape index (κ2) is 18.0. The minimum Gasteiger partial charge on any atom is -0.463 e. The Morgan fingerprint density at radius 1 is 0.759 bits per heavy atom. The lowest BCUT2D eigenvalue weighted by Crippen LogP contribution is -2.59. The number of ether oxygens (including phenoxy) is 5. The SMILES string of the molecule is CC(=O)OCC1OC(c2cccc(-c3ccc([C@@H]4[C@@H](CC[C@H](O)c5ccc(F)cc5)C(=O)N4c4ccc(N)cc4)cc3)c2)C(OC(C)=O)C(OC(C)=O)C1OC(C)=O. The summed E-state index contributed by atoms with van der Waals surface area (Å²) in [6.45, 7) is 4.38. The van der Waals surface area contributed by atoms with Crippen molar-refractivity contribution in [3.8, 4) is 11.1 Å². The van der Waals surface area contributed by atoms with Gasteiger partial charge in [0.1, 0.15) is 24.6 Å². The summed E-state index contributed by atoms with van der Waals surface area (Å²) in [6.07, 6.45) is -6.21. The maximum absolute atomic E-state index is 13.7. The van der Waals surface area contributed by atoms with Crippen molar-refractivity contribution in [2.24, 2.45) is 5.92 Å². The number of aliphatic hydroxyl groups is 1. The third kappa shape index (κ3) is 9.52. The first kappa shape index (κ1) is 41.5. The zero-order valence-electron chi connectivity index (χ0n) is 32.4. The third-order valence-corrected chi connectivity index (χ3v) is 10.2. The Morgan fingerprint density at radius 2 is 1.38 bits per heavy atom. The molecule has 4 aromatic carbocycles. The Balaban J connectivity index is 1.29. The average Bonchev–Trinajstić information content (AvgIpc) is 3.18. The smallest absolute Gasteiger partial charge is 0.303 e. The van der Waals surface area contributed by atoms with Crippen molar-refractivity contribution >= 4 is 41.2 Å². The van der Waals surface area contributed by atoms with Gasteiger partial charge in [-0.2, -0.15) is 0 Å². The molecule has 1 amide bonds. The number of benzene rings is 4. The molecule has 0 spiro atoms. The molecule has 14 heteroatoms. The lowest BCUT2D eigenvalue weighted by molar-refractivity contribution is -0.254. The van der Waals surface area contributed by atoms with Crippen LogP contribution in [0.1, 0.15) is 75.5 Å². The van der Waals surface area contributed by atoms with Gasteiger partial charge in [0, 0.05) is 39.1 Å². The normalized spacial score (nSPS) is 23.2. The van der Waals surface area contributed by atoms with Gasteiger partial charge in [-0.15, -0.1) is 0 Å². The molecule has 4 aromatic rings. The summed E-state index contributed by atoms with van der Waals surface area (Å²) in [6, 6.07) is 27.2. The first-order valence-corrected chi connectivity index (χ1v) is 18.8. The van der Waals surface area contributed by atoms with E-state index in [1.165, 1.54) is 45.0 Å². The van der Waals surface area contributed by atoms with E-state index >= 15 is 0 Å². The van der Waals surface area contributed by atoms with E-state index in [-0.39, 0.29) is 25.0 Å². The second-order valence-electron chi connectivity index (χ2n) is 14.4. The van der Waals surface area contributed by atoms with Crippen molar-refractivity contribution in [3.05, 3.63) is 120 Å². The van der Waals surface area contributed by atoms with Crippen LogP contribution in [-0.2, 0) is 47.7 Å². The van der Waals surface area contributed by atoms with Crippen molar-refractivity contribution in [1.82, 2.24) is 0 Å². The maximum Gasteiger partial charge on any atom is 0.303 e.